The van der Waals surface area contributed by atoms with E-state index in [1.807, 2.05) is 0 Å². The highest BCUT2D eigenvalue weighted by Gasteiger charge is 2.18. The molecule has 0 radical (unpaired) electrons. The Kier molecular flexibility index (Phi) is 5.71. The number of halogens is 1. The molecule has 0 bridgehead atoms. The maximum atomic E-state index is 11.5. The van der Waals surface area contributed by atoms with E-state index in [-0.39, 0.29) is 6.10 Å². The molecule has 7 heteroatoms. The summed E-state index contributed by atoms with van der Waals surface area (Å²) in [5, 5.41) is 6.79. The van der Waals surface area contributed by atoms with E-state index in [1.54, 1.807) is 24.3 Å². The quantitative estimate of drug-likeness (QED) is 0.496. The predicted molar refractivity (Wildman–Crippen MR) is 79.2 cm³/mol. The first-order chi connectivity index (χ1) is 10.1. The van der Waals surface area contributed by atoms with Crippen LogP contribution in [0, 0.1) is 0 Å². The lowest BCUT2D eigenvalue weighted by Gasteiger charge is -2.09. The second-order valence-electron chi connectivity index (χ2n) is 4.60. The van der Waals surface area contributed by atoms with Gasteiger partial charge in [-0.3, -0.25) is 9.59 Å². The molecule has 0 aromatic heterocycles. The third-order valence-electron chi connectivity index (χ3n) is 2.95. The summed E-state index contributed by atoms with van der Waals surface area (Å²) < 4.78 is 5.34. The van der Waals surface area contributed by atoms with Crippen molar-refractivity contribution in [3.05, 3.63) is 34.9 Å². The molecule has 1 atom stereocenters. The second-order valence-corrected chi connectivity index (χ2v) is 5.04. The Morgan fingerprint density at radius 1 is 1.43 bits per heavy atom. The molecule has 2 N–H and O–H groups in total. The van der Waals surface area contributed by atoms with Crippen molar-refractivity contribution in [2.24, 2.45) is 5.10 Å². The molecule has 1 fully saturated rings. The minimum Gasteiger partial charge on any atom is -0.376 e. The molecule has 21 heavy (non-hydrogen) atoms. The zero-order valence-electron chi connectivity index (χ0n) is 11.3. The van der Waals surface area contributed by atoms with Gasteiger partial charge in [0, 0.05) is 18.2 Å². The number of carbonyl (C=O) groups is 2. The number of hydrogen-bond acceptors (Lipinski definition) is 4. The van der Waals surface area contributed by atoms with Gasteiger partial charge in [0.05, 0.1) is 12.3 Å². The Morgan fingerprint density at radius 3 is 3.00 bits per heavy atom. The highest BCUT2D eigenvalue weighted by molar-refractivity contribution is 6.35. The average molecular weight is 310 g/mol. The van der Waals surface area contributed by atoms with Gasteiger partial charge in [-0.1, -0.05) is 23.7 Å². The van der Waals surface area contributed by atoms with E-state index in [9.17, 15) is 9.59 Å². The van der Waals surface area contributed by atoms with Crippen molar-refractivity contribution in [1.29, 1.82) is 0 Å². The van der Waals surface area contributed by atoms with Crippen LogP contribution in [-0.2, 0) is 14.3 Å². The van der Waals surface area contributed by atoms with Crippen LogP contribution in [0.5, 0.6) is 0 Å². The highest BCUT2D eigenvalue weighted by atomic mass is 35.5. The molecule has 0 unspecified atom stereocenters. The summed E-state index contributed by atoms with van der Waals surface area (Å²) in [5.41, 5.74) is 2.88. The fourth-order valence-electron chi connectivity index (χ4n) is 1.90. The van der Waals surface area contributed by atoms with Gasteiger partial charge in [0.25, 0.3) is 0 Å². The van der Waals surface area contributed by atoms with Crippen molar-refractivity contribution in [2.45, 2.75) is 18.9 Å². The van der Waals surface area contributed by atoms with Gasteiger partial charge >= 0.3 is 11.8 Å². The number of benzene rings is 1. The Morgan fingerprint density at radius 2 is 2.29 bits per heavy atom. The van der Waals surface area contributed by atoms with Crippen LogP contribution >= 0.6 is 11.6 Å². The molecule has 0 aliphatic carbocycles. The molecule has 2 amide bonds. The minimum atomic E-state index is -0.814. The highest BCUT2D eigenvalue weighted by Crippen LogP contribution is 2.10. The van der Waals surface area contributed by atoms with Gasteiger partial charge in [0.2, 0.25) is 0 Å². The summed E-state index contributed by atoms with van der Waals surface area (Å²) in [6.45, 7) is 1.04. The number of hydrogen-bond donors (Lipinski definition) is 2. The monoisotopic (exact) mass is 309 g/mol. The minimum absolute atomic E-state index is 0.00304. The van der Waals surface area contributed by atoms with E-state index in [4.69, 9.17) is 16.3 Å². The van der Waals surface area contributed by atoms with Crippen LogP contribution in [0.1, 0.15) is 18.4 Å². The number of nitrogens with zero attached hydrogens (tertiary/aromatic N) is 1. The van der Waals surface area contributed by atoms with Crippen LogP contribution in [0.2, 0.25) is 5.02 Å². The van der Waals surface area contributed by atoms with Crippen LogP contribution in [0.25, 0.3) is 0 Å². The number of rotatable bonds is 4. The normalized spacial score (nSPS) is 17.9. The smallest absolute Gasteiger partial charge is 0.329 e. The lowest BCUT2D eigenvalue weighted by molar-refractivity contribution is -0.139. The number of nitrogens with one attached hydrogen (secondary N) is 2. The molecular weight excluding hydrogens is 294 g/mol. The molecule has 112 valence electrons. The molecule has 1 aromatic rings. The molecule has 6 nitrogen and oxygen atoms in total. The number of amides is 2. The second kappa shape index (κ2) is 7.75. The lowest BCUT2D eigenvalue weighted by atomic mass is 10.2. The van der Waals surface area contributed by atoms with Crippen LogP contribution in [0.4, 0.5) is 0 Å². The molecular formula is C14H16ClN3O3. The summed E-state index contributed by atoms with van der Waals surface area (Å²) in [6.07, 6.45) is 3.29. The van der Waals surface area contributed by atoms with Crippen molar-refractivity contribution < 1.29 is 14.3 Å². The fourth-order valence-corrected chi connectivity index (χ4v) is 2.09. The van der Waals surface area contributed by atoms with Gasteiger partial charge in [-0.05, 0) is 30.5 Å². The van der Waals surface area contributed by atoms with E-state index in [1.165, 1.54) is 6.21 Å². The standard InChI is InChI=1S/C14H16ClN3O3/c15-11-4-1-3-10(7-11)8-17-18-14(20)13(19)16-9-12-5-2-6-21-12/h1,3-4,7-8,12H,2,5-6,9H2,(H,16,19)(H,18,20)/b17-8-/t12-/m1/s1. The molecule has 0 spiro atoms. The summed E-state index contributed by atoms with van der Waals surface area (Å²) >= 11 is 5.82. The van der Waals surface area contributed by atoms with E-state index in [0.29, 0.717) is 18.2 Å². The largest absolute Gasteiger partial charge is 0.376 e. The SMILES string of the molecule is O=C(NC[C@H]1CCCO1)C(=O)N/N=C\c1cccc(Cl)c1. The number of ether oxygens (including phenoxy) is 1. The first-order valence-electron chi connectivity index (χ1n) is 6.63. The molecule has 2 rings (SSSR count). The third kappa shape index (κ3) is 5.17. The predicted octanol–water partition coefficient (Wildman–Crippen LogP) is 1.09. The van der Waals surface area contributed by atoms with Gasteiger partial charge < -0.3 is 10.1 Å². The molecule has 1 saturated heterocycles. The van der Waals surface area contributed by atoms with E-state index in [0.717, 1.165) is 18.4 Å². The zero-order chi connectivity index (χ0) is 15.1. The van der Waals surface area contributed by atoms with Crippen molar-refractivity contribution in [3.8, 4) is 0 Å². The van der Waals surface area contributed by atoms with Gasteiger partial charge in [-0.15, -0.1) is 0 Å². The average Bonchev–Trinajstić information content (AvgIpc) is 2.98. The Hall–Kier alpha value is -1.92. The lowest BCUT2D eigenvalue weighted by Crippen LogP contribution is -2.41. The maximum absolute atomic E-state index is 11.5. The molecule has 1 heterocycles. The molecule has 0 saturated carbocycles. The summed E-state index contributed by atoms with van der Waals surface area (Å²) in [5.74, 6) is -1.54. The van der Waals surface area contributed by atoms with E-state index in [2.05, 4.69) is 15.8 Å². The van der Waals surface area contributed by atoms with Crippen LogP contribution < -0.4 is 10.7 Å². The number of carbonyl (C=O) groups excluding carboxylic acids is 2. The fraction of sp³-hybridized carbons (Fsp3) is 0.357. The van der Waals surface area contributed by atoms with Gasteiger partial charge in [0.15, 0.2) is 0 Å². The number of hydrazone groups is 1. The topological polar surface area (TPSA) is 79.8 Å². The van der Waals surface area contributed by atoms with Gasteiger partial charge in [-0.2, -0.15) is 5.10 Å². The van der Waals surface area contributed by atoms with Gasteiger partial charge in [-0.25, -0.2) is 5.43 Å². The first kappa shape index (κ1) is 15.5. The molecule has 1 aliphatic rings. The summed E-state index contributed by atoms with van der Waals surface area (Å²) in [6, 6.07) is 6.96. The van der Waals surface area contributed by atoms with E-state index >= 15 is 0 Å². The molecule has 1 aliphatic heterocycles. The van der Waals surface area contributed by atoms with Crippen LogP contribution in [0.3, 0.4) is 0 Å². The Labute approximate surface area is 127 Å². The van der Waals surface area contributed by atoms with Crippen molar-refractivity contribution in [3.63, 3.8) is 0 Å². The van der Waals surface area contributed by atoms with Crippen LogP contribution in [-0.4, -0.2) is 37.3 Å². The molecule has 1 aromatic carbocycles. The van der Waals surface area contributed by atoms with Crippen molar-refractivity contribution >= 4 is 29.6 Å². The zero-order valence-corrected chi connectivity index (χ0v) is 12.1. The Balaban J connectivity index is 1.74. The van der Waals surface area contributed by atoms with Gasteiger partial charge in [0.1, 0.15) is 0 Å². The first-order valence-corrected chi connectivity index (χ1v) is 7.01. The maximum Gasteiger partial charge on any atom is 0.329 e. The van der Waals surface area contributed by atoms with E-state index < -0.39 is 11.8 Å². The summed E-state index contributed by atoms with van der Waals surface area (Å²) in [7, 11) is 0. The summed E-state index contributed by atoms with van der Waals surface area (Å²) in [4.78, 5) is 23.0. The van der Waals surface area contributed by atoms with Crippen molar-refractivity contribution in [2.75, 3.05) is 13.2 Å². The Bertz CT molecular complexity index is 542. The van der Waals surface area contributed by atoms with Crippen LogP contribution in [0.15, 0.2) is 29.4 Å². The third-order valence-corrected chi connectivity index (χ3v) is 3.18. The van der Waals surface area contributed by atoms with Crippen molar-refractivity contribution in [1.82, 2.24) is 10.7 Å².